The molecule has 5 rings (SSSR count). The van der Waals surface area contributed by atoms with Crippen LogP contribution in [-0.4, -0.2) is 29.9 Å². The molecule has 0 saturated carbocycles. The minimum atomic E-state index is -0.637. The summed E-state index contributed by atoms with van der Waals surface area (Å²) in [6.45, 7) is 2.90. The Balaban J connectivity index is 1.35. The normalized spacial score (nSPS) is 19.9. The molecule has 35 heavy (non-hydrogen) atoms. The molecule has 0 aromatic heterocycles. The van der Waals surface area contributed by atoms with Gasteiger partial charge >= 0.3 is 6.03 Å². The number of β-lactam (4-membered cyclic amide) rings is 1. The van der Waals surface area contributed by atoms with E-state index in [1.54, 1.807) is 21.9 Å². The molecule has 2 heterocycles. The van der Waals surface area contributed by atoms with E-state index in [1.807, 2.05) is 61.5 Å². The van der Waals surface area contributed by atoms with Gasteiger partial charge in [0.05, 0.1) is 17.5 Å². The number of piperidine rings is 1. The second-order valence-electron chi connectivity index (χ2n) is 9.33. The van der Waals surface area contributed by atoms with Crippen LogP contribution in [0.25, 0.3) is 0 Å². The summed E-state index contributed by atoms with van der Waals surface area (Å²) < 4.78 is 14.0. The highest BCUT2D eigenvalue weighted by Gasteiger charge is 2.62. The lowest BCUT2D eigenvalue weighted by atomic mass is 9.62. The van der Waals surface area contributed by atoms with Crippen molar-refractivity contribution in [1.82, 2.24) is 10.2 Å². The fraction of sp³-hybridized carbons (Fsp3) is 0.286. The molecule has 7 heteroatoms. The Hall–Kier alpha value is -3.38. The first-order valence-electron chi connectivity index (χ1n) is 11.8. The predicted molar refractivity (Wildman–Crippen MR) is 135 cm³/mol. The lowest BCUT2D eigenvalue weighted by Crippen LogP contribution is -2.67. The SMILES string of the molecule is C[C@H](NC(=O)N1CCC2(CC1)C(=O)N(c1cccc(F)c1)C2c1ccc(Cl)cc1)c1ccccc1. The number of hydrogen-bond acceptors (Lipinski definition) is 2. The molecule has 2 aliphatic heterocycles. The summed E-state index contributed by atoms with van der Waals surface area (Å²) in [5, 5.41) is 3.68. The second kappa shape index (κ2) is 9.34. The van der Waals surface area contributed by atoms with Gasteiger partial charge in [-0.15, -0.1) is 0 Å². The smallest absolute Gasteiger partial charge is 0.317 e. The van der Waals surface area contributed by atoms with Crippen LogP contribution < -0.4 is 10.2 Å². The standard InChI is InChI=1S/C28H27ClFN3O2/c1-19(20-6-3-2-4-7-20)31-27(35)32-16-14-28(15-17-32)25(21-10-12-22(29)13-11-21)33(26(28)34)24-9-5-8-23(30)18-24/h2-13,18-19,25H,14-17H2,1H3,(H,31,35)/t19-,25?/m0/s1. The van der Waals surface area contributed by atoms with Gasteiger partial charge in [-0.25, -0.2) is 9.18 Å². The maximum atomic E-state index is 14.0. The van der Waals surface area contributed by atoms with Crippen molar-refractivity contribution >= 4 is 29.2 Å². The average Bonchev–Trinajstić information content (AvgIpc) is 2.88. The van der Waals surface area contributed by atoms with Crippen LogP contribution in [0.15, 0.2) is 78.9 Å². The Labute approximate surface area is 209 Å². The first kappa shape index (κ1) is 23.4. The highest BCUT2D eigenvalue weighted by Crippen LogP contribution is 2.57. The van der Waals surface area contributed by atoms with Crippen molar-refractivity contribution < 1.29 is 14.0 Å². The number of nitrogens with zero attached hydrogens (tertiary/aromatic N) is 2. The molecule has 3 aromatic rings. The quantitative estimate of drug-likeness (QED) is 0.447. The molecule has 2 atom stereocenters. The van der Waals surface area contributed by atoms with Crippen molar-refractivity contribution in [2.24, 2.45) is 5.41 Å². The summed E-state index contributed by atoms with van der Waals surface area (Å²) in [7, 11) is 0. The number of urea groups is 1. The fourth-order valence-corrected chi connectivity index (χ4v) is 5.48. The summed E-state index contributed by atoms with van der Waals surface area (Å²) in [5.41, 5.74) is 1.89. The molecule has 3 aromatic carbocycles. The van der Waals surface area contributed by atoms with Gasteiger partial charge in [-0.1, -0.05) is 60.1 Å². The fourth-order valence-electron chi connectivity index (χ4n) is 5.36. The summed E-state index contributed by atoms with van der Waals surface area (Å²) in [6.07, 6.45) is 1.08. The van der Waals surface area contributed by atoms with Crippen LogP contribution in [0.4, 0.5) is 14.9 Å². The van der Waals surface area contributed by atoms with E-state index in [-0.39, 0.29) is 29.8 Å². The van der Waals surface area contributed by atoms with Crippen LogP contribution in [0.5, 0.6) is 0 Å². The third-order valence-electron chi connectivity index (χ3n) is 7.28. The van der Waals surface area contributed by atoms with E-state index in [4.69, 9.17) is 11.6 Å². The van der Waals surface area contributed by atoms with E-state index in [0.717, 1.165) is 11.1 Å². The number of hydrogen-bond donors (Lipinski definition) is 1. The monoisotopic (exact) mass is 491 g/mol. The maximum absolute atomic E-state index is 14.0. The molecule has 1 spiro atoms. The molecule has 0 aliphatic carbocycles. The van der Waals surface area contributed by atoms with Gasteiger partial charge in [0.2, 0.25) is 5.91 Å². The first-order chi connectivity index (χ1) is 16.9. The minimum absolute atomic E-state index is 0.0271. The van der Waals surface area contributed by atoms with Gasteiger partial charge < -0.3 is 15.1 Å². The third kappa shape index (κ3) is 4.27. The topological polar surface area (TPSA) is 52.7 Å². The molecule has 3 amide bonds. The molecule has 1 N–H and O–H groups in total. The largest absolute Gasteiger partial charge is 0.331 e. The summed E-state index contributed by atoms with van der Waals surface area (Å²) in [4.78, 5) is 30.0. The number of likely N-dealkylation sites (tertiary alicyclic amines) is 1. The molecule has 180 valence electrons. The first-order valence-corrected chi connectivity index (χ1v) is 12.2. The van der Waals surface area contributed by atoms with E-state index in [2.05, 4.69) is 5.32 Å². The summed E-state index contributed by atoms with van der Waals surface area (Å²) >= 11 is 6.12. The molecular formula is C28H27ClFN3O2. The molecule has 2 saturated heterocycles. The van der Waals surface area contributed by atoms with Gasteiger partial charge in [0.1, 0.15) is 5.82 Å². The molecular weight excluding hydrogens is 465 g/mol. The van der Waals surface area contributed by atoms with Crippen LogP contribution in [0, 0.1) is 11.2 Å². The van der Waals surface area contributed by atoms with E-state index in [1.165, 1.54) is 12.1 Å². The predicted octanol–water partition coefficient (Wildman–Crippen LogP) is 6.12. The third-order valence-corrected chi connectivity index (χ3v) is 7.53. The van der Waals surface area contributed by atoms with Gasteiger partial charge in [0.25, 0.3) is 0 Å². The Bertz CT molecular complexity index is 1230. The highest BCUT2D eigenvalue weighted by atomic mass is 35.5. The number of amides is 3. The van der Waals surface area contributed by atoms with E-state index in [0.29, 0.717) is 36.6 Å². The van der Waals surface area contributed by atoms with Gasteiger partial charge in [-0.05, 0) is 61.2 Å². The Morgan fingerprint density at radius 1 is 1.03 bits per heavy atom. The van der Waals surface area contributed by atoms with Crippen molar-refractivity contribution in [2.75, 3.05) is 18.0 Å². The maximum Gasteiger partial charge on any atom is 0.317 e. The molecule has 2 fully saturated rings. The van der Waals surface area contributed by atoms with Crippen molar-refractivity contribution in [2.45, 2.75) is 31.8 Å². The highest BCUT2D eigenvalue weighted by molar-refractivity contribution is 6.30. The van der Waals surface area contributed by atoms with Crippen molar-refractivity contribution in [3.8, 4) is 0 Å². The number of anilines is 1. The second-order valence-corrected chi connectivity index (χ2v) is 9.77. The van der Waals surface area contributed by atoms with Crippen molar-refractivity contribution in [3.63, 3.8) is 0 Å². The number of carbonyl (C=O) groups excluding carboxylic acids is 2. The van der Waals surface area contributed by atoms with Crippen LogP contribution in [-0.2, 0) is 4.79 Å². The van der Waals surface area contributed by atoms with Crippen LogP contribution in [0.1, 0.15) is 43.0 Å². The summed E-state index contributed by atoms with van der Waals surface area (Å²) in [6, 6.07) is 22.9. The minimum Gasteiger partial charge on any atom is -0.331 e. The molecule has 1 unspecified atom stereocenters. The lowest BCUT2D eigenvalue weighted by Gasteiger charge is -2.59. The lowest BCUT2D eigenvalue weighted by molar-refractivity contribution is -0.144. The van der Waals surface area contributed by atoms with Gasteiger partial charge in [-0.2, -0.15) is 0 Å². The molecule has 0 radical (unpaired) electrons. The molecule has 2 aliphatic rings. The molecule has 0 bridgehead atoms. The van der Waals surface area contributed by atoms with Crippen LogP contribution in [0.3, 0.4) is 0 Å². The van der Waals surface area contributed by atoms with E-state index in [9.17, 15) is 14.0 Å². The van der Waals surface area contributed by atoms with Crippen molar-refractivity contribution in [1.29, 1.82) is 0 Å². The van der Waals surface area contributed by atoms with Crippen molar-refractivity contribution in [3.05, 3.63) is 101 Å². The van der Waals surface area contributed by atoms with E-state index < -0.39 is 5.41 Å². The van der Waals surface area contributed by atoms with Gasteiger partial charge in [0.15, 0.2) is 0 Å². The number of nitrogens with one attached hydrogen (secondary N) is 1. The van der Waals surface area contributed by atoms with Crippen LogP contribution in [0.2, 0.25) is 5.02 Å². The zero-order valence-electron chi connectivity index (χ0n) is 19.5. The summed E-state index contributed by atoms with van der Waals surface area (Å²) in [5.74, 6) is -0.411. The van der Waals surface area contributed by atoms with Gasteiger partial charge in [-0.3, -0.25) is 4.79 Å². The number of rotatable bonds is 4. The zero-order chi connectivity index (χ0) is 24.6. The van der Waals surface area contributed by atoms with Gasteiger partial charge in [0, 0.05) is 23.8 Å². The van der Waals surface area contributed by atoms with Crippen LogP contribution >= 0.6 is 11.6 Å². The molecule has 5 nitrogen and oxygen atoms in total. The number of halogens is 2. The zero-order valence-corrected chi connectivity index (χ0v) is 20.2. The average molecular weight is 492 g/mol. The Morgan fingerprint density at radius 2 is 1.71 bits per heavy atom. The Kier molecular flexibility index (Phi) is 6.24. The Morgan fingerprint density at radius 3 is 2.37 bits per heavy atom. The number of carbonyl (C=O) groups is 2. The number of benzene rings is 3. The van der Waals surface area contributed by atoms with E-state index >= 15 is 0 Å².